The molecular weight excluding hydrogens is 1050 g/mol. The number of benzene rings is 5. The van der Waals surface area contributed by atoms with Crippen molar-refractivity contribution in [3.05, 3.63) is 179 Å². The zero-order valence-electron chi connectivity index (χ0n) is 45.1. The number of rotatable bonds is 37. The Labute approximate surface area is 466 Å². The van der Waals surface area contributed by atoms with Crippen molar-refractivity contribution in [1.29, 1.82) is 0 Å². The van der Waals surface area contributed by atoms with E-state index in [0.29, 0.717) is 60.9 Å². The smallest absolute Gasteiger partial charge is 0.406 e. The Hall–Kier alpha value is -7.57. The van der Waals surface area contributed by atoms with Crippen LogP contribution in [0.2, 0.25) is 0 Å². The highest BCUT2D eigenvalue weighted by Gasteiger charge is 2.34. The molecule has 20 heteroatoms. The number of hydrogen-bond acceptors (Lipinski definition) is 14. The van der Waals surface area contributed by atoms with Gasteiger partial charge in [0.25, 0.3) is 5.91 Å². The van der Waals surface area contributed by atoms with Crippen LogP contribution in [-0.2, 0) is 87.8 Å². The van der Waals surface area contributed by atoms with Gasteiger partial charge in [-0.25, -0.2) is 23.6 Å². The Morgan fingerprint density at radius 3 is 1.41 bits per heavy atom. The van der Waals surface area contributed by atoms with Gasteiger partial charge in [0.15, 0.2) is 0 Å². The van der Waals surface area contributed by atoms with Gasteiger partial charge in [0, 0.05) is 31.4 Å². The Balaban J connectivity index is 1.21. The van der Waals surface area contributed by atoms with Crippen LogP contribution < -0.4 is 21.0 Å². The van der Waals surface area contributed by atoms with Crippen molar-refractivity contribution in [2.45, 2.75) is 129 Å². The average Bonchev–Trinajstić information content (AvgIpc) is 3.47. The van der Waals surface area contributed by atoms with Crippen LogP contribution in [0.25, 0.3) is 0 Å². The van der Waals surface area contributed by atoms with E-state index in [9.17, 15) is 42.5 Å². The second-order valence-corrected chi connectivity index (χ2v) is 20.4. The number of esters is 4. The lowest BCUT2D eigenvalue weighted by molar-refractivity contribution is -0.150. The second kappa shape index (κ2) is 35.8. The van der Waals surface area contributed by atoms with Crippen LogP contribution in [0.5, 0.6) is 0 Å². The highest BCUT2D eigenvalue weighted by Crippen LogP contribution is 2.45. The average molecular weight is 1120 g/mol. The molecule has 0 fully saturated rings. The molecule has 1 unspecified atom stereocenters. The van der Waals surface area contributed by atoms with Crippen molar-refractivity contribution in [1.82, 2.24) is 21.0 Å². The summed E-state index contributed by atoms with van der Waals surface area (Å²) in [6.07, 6.45) is 1.70. The summed E-state index contributed by atoms with van der Waals surface area (Å²) in [6, 6.07) is 37.1. The monoisotopic (exact) mass is 1120 g/mol. The third-order valence-corrected chi connectivity index (χ3v) is 13.9. The van der Waals surface area contributed by atoms with Crippen molar-refractivity contribution < 1.29 is 70.5 Å². The standard InChI is InChI=1S/C60H72FN4O14P/c1-2-3-39-78-80(73,65-53(60(72)77-44-48-26-15-7-16-27-48)35-37-56(68)74-41-45-20-9-4-10-21-45)79-40-19-28-51(58(70)75-42-46-22-11-5-12-23-46)63-55(67)36-34-52(59(71)76-43-47-24-13-6-14-25-47)64-54(66)29-17-8-18-38-62-57(69)49-30-32-50(61)33-31-49/h4-7,9-16,20-27,30-33,51-53H,2-3,8,17-19,28-29,34-44H2,1H3,(H,62,69)(H,63,67)(H,64,66)(H,65,73)/t51-,52-,53-,80?/m0/s1. The lowest BCUT2D eigenvalue weighted by atomic mass is 10.1. The van der Waals surface area contributed by atoms with Gasteiger partial charge in [-0.05, 0) is 91.5 Å². The molecule has 0 aliphatic heterocycles. The summed E-state index contributed by atoms with van der Waals surface area (Å²) < 4.78 is 61.7. The van der Waals surface area contributed by atoms with Gasteiger partial charge >= 0.3 is 31.6 Å². The molecule has 0 saturated carbocycles. The summed E-state index contributed by atoms with van der Waals surface area (Å²) in [7, 11) is -4.35. The fourth-order valence-corrected chi connectivity index (χ4v) is 9.28. The van der Waals surface area contributed by atoms with Crippen LogP contribution >= 0.6 is 7.75 Å². The molecule has 0 radical (unpaired) electrons. The van der Waals surface area contributed by atoms with Crippen LogP contribution in [0.4, 0.5) is 4.39 Å². The van der Waals surface area contributed by atoms with Crippen LogP contribution in [0, 0.1) is 5.82 Å². The number of ether oxygens (including phenoxy) is 4. The third-order valence-electron chi connectivity index (χ3n) is 12.2. The zero-order chi connectivity index (χ0) is 57.2. The molecular formula is C60H72FN4O14P. The van der Waals surface area contributed by atoms with Gasteiger partial charge in [-0.2, -0.15) is 0 Å². The molecule has 5 aromatic carbocycles. The van der Waals surface area contributed by atoms with E-state index in [1.807, 2.05) is 37.3 Å². The summed E-state index contributed by atoms with van der Waals surface area (Å²) in [5.41, 5.74) is 3.17. The fourth-order valence-electron chi connectivity index (χ4n) is 7.70. The molecule has 5 rings (SSSR count). The number of halogens is 1. The first-order valence-corrected chi connectivity index (χ1v) is 28.4. The van der Waals surface area contributed by atoms with Gasteiger partial charge < -0.3 is 34.9 Å². The Morgan fingerprint density at radius 1 is 0.475 bits per heavy atom. The van der Waals surface area contributed by atoms with E-state index in [1.54, 1.807) is 91.0 Å². The first kappa shape index (κ1) is 63.3. The van der Waals surface area contributed by atoms with Crippen molar-refractivity contribution >= 4 is 49.3 Å². The molecule has 0 bridgehead atoms. The number of carbonyl (C=O) groups is 7. The van der Waals surface area contributed by atoms with E-state index >= 15 is 0 Å². The molecule has 18 nitrogen and oxygen atoms in total. The molecule has 0 saturated heterocycles. The molecule has 0 spiro atoms. The van der Waals surface area contributed by atoms with Gasteiger partial charge in [0.05, 0.1) is 13.2 Å². The predicted octanol–water partition coefficient (Wildman–Crippen LogP) is 9.30. The molecule has 0 aliphatic rings. The predicted molar refractivity (Wildman–Crippen MR) is 295 cm³/mol. The normalized spacial score (nSPS) is 12.8. The van der Waals surface area contributed by atoms with E-state index in [-0.39, 0.29) is 90.5 Å². The minimum atomic E-state index is -4.35. The molecule has 428 valence electrons. The van der Waals surface area contributed by atoms with Crippen molar-refractivity contribution in [2.75, 3.05) is 19.8 Å². The largest absolute Gasteiger partial charge is 0.461 e. The Kier molecular flexibility index (Phi) is 28.3. The molecule has 5 aromatic rings. The number of nitrogens with one attached hydrogen (secondary N) is 4. The molecule has 4 atom stereocenters. The summed E-state index contributed by atoms with van der Waals surface area (Å²) in [6.45, 7) is 1.62. The number of unbranched alkanes of at least 4 members (excludes halogenated alkanes) is 3. The van der Waals surface area contributed by atoms with E-state index in [1.165, 1.54) is 24.3 Å². The van der Waals surface area contributed by atoms with Crippen molar-refractivity contribution in [3.8, 4) is 0 Å². The van der Waals surface area contributed by atoms with E-state index in [0.717, 1.165) is 5.56 Å². The Morgan fingerprint density at radius 2 is 0.912 bits per heavy atom. The van der Waals surface area contributed by atoms with Gasteiger partial charge in [0.1, 0.15) is 50.4 Å². The van der Waals surface area contributed by atoms with E-state index < -0.39 is 67.4 Å². The molecule has 4 N–H and O–H groups in total. The lowest BCUT2D eigenvalue weighted by Crippen LogP contribution is -2.45. The fraction of sp³-hybridized carbons (Fsp3) is 0.383. The van der Waals surface area contributed by atoms with Gasteiger partial charge in [-0.3, -0.25) is 33.0 Å². The molecule has 0 aliphatic carbocycles. The highest BCUT2D eigenvalue weighted by molar-refractivity contribution is 7.51. The van der Waals surface area contributed by atoms with Gasteiger partial charge in [0.2, 0.25) is 11.8 Å². The lowest BCUT2D eigenvalue weighted by Gasteiger charge is -2.25. The summed E-state index contributed by atoms with van der Waals surface area (Å²) >= 11 is 0. The molecule has 3 amide bonds. The SMILES string of the molecule is CCCCOP(=O)(N[C@@H](CCC(=O)OCc1ccccc1)C(=O)OCc1ccccc1)OCCC[C@H](NC(=O)CC[C@H](NC(=O)CCCCCNC(=O)c1ccc(F)cc1)C(=O)OCc1ccccc1)C(=O)OCc1ccccc1. The highest BCUT2D eigenvalue weighted by atomic mass is 31.2. The number of carbonyl (C=O) groups excluding carboxylic acids is 7. The summed E-state index contributed by atoms with van der Waals surface area (Å²) in [5.74, 6) is -4.91. The maximum Gasteiger partial charge on any atom is 0.406 e. The molecule has 80 heavy (non-hydrogen) atoms. The molecule has 0 aromatic heterocycles. The first-order valence-electron chi connectivity index (χ1n) is 26.9. The maximum absolute atomic E-state index is 14.5. The van der Waals surface area contributed by atoms with Gasteiger partial charge in [-0.15, -0.1) is 0 Å². The van der Waals surface area contributed by atoms with E-state index in [4.69, 9.17) is 28.0 Å². The minimum Gasteiger partial charge on any atom is -0.461 e. The maximum atomic E-state index is 14.5. The summed E-state index contributed by atoms with van der Waals surface area (Å²) in [4.78, 5) is 93.1. The minimum absolute atomic E-state index is 0.00817. The first-order chi connectivity index (χ1) is 38.8. The number of amides is 3. The van der Waals surface area contributed by atoms with Crippen LogP contribution in [-0.4, -0.2) is 79.5 Å². The van der Waals surface area contributed by atoms with Crippen molar-refractivity contribution in [3.63, 3.8) is 0 Å². The third kappa shape index (κ3) is 25.0. The van der Waals surface area contributed by atoms with E-state index in [2.05, 4.69) is 21.0 Å². The zero-order valence-corrected chi connectivity index (χ0v) is 46.0. The quantitative estimate of drug-likeness (QED) is 0.0125. The summed E-state index contributed by atoms with van der Waals surface area (Å²) in [5, 5.41) is 10.9. The number of hydrogen-bond donors (Lipinski definition) is 4. The molecule has 0 heterocycles. The van der Waals surface area contributed by atoms with Crippen molar-refractivity contribution in [2.24, 2.45) is 0 Å². The van der Waals surface area contributed by atoms with Crippen LogP contribution in [0.15, 0.2) is 146 Å². The van der Waals surface area contributed by atoms with Crippen LogP contribution in [0.1, 0.15) is 117 Å². The van der Waals surface area contributed by atoms with Gasteiger partial charge in [-0.1, -0.05) is 141 Å². The Bertz CT molecular complexity index is 2730. The second-order valence-electron chi connectivity index (χ2n) is 18.7. The van der Waals surface area contributed by atoms with Crippen LogP contribution in [0.3, 0.4) is 0 Å². The topological polar surface area (TPSA) is 240 Å².